The number of nitrogens with one attached hydrogen (secondary N) is 2. The van der Waals surface area contributed by atoms with Crippen LogP contribution < -0.4 is 60.5 Å². The third-order valence-electron chi connectivity index (χ3n) is 8.75. The normalized spacial score (nSPS) is 25.8. The first-order chi connectivity index (χ1) is 23.3. The first-order valence-corrected chi connectivity index (χ1v) is 17.0. The number of hydrogen-bond acceptors (Lipinski definition) is 10. The van der Waals surface area contributed by atoms with E-state index in [1.807, 2.05) is 20.8 Å². The predicted molar refractivity (Wildman–Crippen MR) is 187 cm³/mol. The van der Waals surface area contributed by atoms with Gasteiger partial charge in [0, 0.05) is 62.8 Å². The number of primary amides is 1. The average Bonchev–Trinajstić information content (AvgIpc) is 3.05. The van der Waals surface area contributed by atoms with Gasteiger partial charge in [0.05, 0.1) is 13.2 Å². The average molecular weight is 713 g/mol. The van der Waals surface area contributed by atoms with Crippen molar-refractivity contribution in [2.75, 3.05) is 52.8 Å². The van der Waals surface area contributed by atoms with Crippen molar-refractivity contribution in [3.63, 3.8) is 0 Å². The molecule has 0 saturated heterocycles. The van der Waals surface area contributed by atoms with E-state index in [1.165, 1.54) is 21.3 Å². The molecule has 0 saturated carbocycles. The summed E-state index contributed by atoms with van der Waals surface area (Å²) in [6, 6.07) is 3.37. The summed E-state index contributed by atoms with van der Waals surface area (Å²) in [6.45, 7) is 13.4. The number of carbonyl (C=O) groups excluding carboxylic acids is 3. The second-order valence-corrected chi connectivity index (χ2v) is 12.6. The van der Waals surface area contributed by atoms with Crippen molar-refractivity contribution in [1.82, 2.24) is 10.2 Å². The summed E-state index contributed by atoms with van der Waals surface area (Å²) >= 11 is 0. The van der Waals surface area contributed by atoms with Crippen LogP contribution in [0.1, 0.15) is 66.4 Å². The van der Waals surface area contributed by atoms with Crippen LogP contribution in [0.5, 0.6) is 11.5 Å². The Hall–Kier alpha value is -2.65. The third kappa shape index (κ3) is 13.8. The molecule has 4 N–H and O–H groups in total. The molecule has 3 amide bonds. The number of ether oxygens (including phenoxy) is 5. The molecule has 1 heterocycles. The van der Waals surface area contributed by atoms with Crippen molar-refractivity contribution < 1.29 is 72.7 Å². The summed E-state index contributed by atoms with van der Waals surface area (Å²) < 4.78 is 28.6. The zero-order valence-electron chi connectivity index (χ0n) is 31.6. The number of carbonyl (C=O) groups is 3. The molecular weight excluding hydrogens is 655 g/mol. The molecule has 0 unspecified atom stereocenters. The topological polar surface area (TPSA) is 174 Å². The fourth-order valence-corrected chi connectivity index (χ4v) is 6.05. The molecule has 50 heavy (non-hydrogen) atoms. The molecule has 0 aliphatic carbocycles. The number of likely N-dealkylation sites (N-methyl/N-ethyl adjacent to an activating group) is 2. The van der Waals surface area contributed by atoms with Gasteiger partial charge in [0.2, 0.25) is 0 Å². The van der Waals surface area contributed by atoms with Crippen LogP contribution in [0.2, 0.25) is 0 Å². The second-order valence-electron chi connectivity index (χ2n) is 12.6. The molecule has 276 valence electrons. The van der Waals surface area contributed by atoms with E-state index >= 15 is 0 Å². The zero-order valence-corrected chi connectivity index (χ0v) is 33.6. The number of methoxy groups -OCH3 is 3. The minimum absolute atomic E-state index is 0. The van der Waals surface area contributed by atoms with Gasteiger partial charge in [-0.1, -0.05) is 39.0 Å². The molecule has 0 radical (unpaired) electrons. The monoisotopic (exact) mass is 712 g/mol. The Morgan fingerprint density at radius 1 is 1.10 bits per heavy atom. The van der Waals surface area contributed by atoms with Gasteiger partial charge in [-0.2, -0.15) is 0 Å². The summed E-state index contributed by atoms with van der Waals surface area (Å²) in [4.78, 5) is 40.1. The van der Waals surface area contributed by atoms with Crippen molar-refractivity contribution in [3.8, 4) is 11.5 Å². The summed E-state index contributed by atoms with van der Waals surface area (Å²) in [5.41, 5.74) is 7.60. The Kier molecular flexibility index (Phi) is 20.9. The Labute approximate surface area is 319 Å². The molecule has 0 spiro atoms. The van der Waals surface area contributed by atoms with Gasteiger partial charge in [-0.15, -0.1) is 0 Å². The first-order valence-electron chi connectivity index (χ1n) is 17.0. The minimum atomic E-state index is -1.14. The van der Waals surface area contributed by atoms with E-state index in [9.17, 15) is 19.5 Å². The van der Waals surface area contributed by atoms with Gasteiger partial charge in [0.25, 0.3) is 5.91 Å². The van der Waals surface area contributed by atoms with Crippen LogP contribution in [0.3, 0.4) is 0 Å². The fraction of sp³-hybridized carbons (Fsp3) is 0.639. The van der Waals surface area contributed by atoms with Gasteiger partial charge >= 0.3 is 41.7 Å². The summed E-state index contributed by atoms with van der Waals surface area (Å²) in [5, 5.41) is 19.9. The zero-order chi connectivity index (χ0) is 36.7. The second kappa shape index (κ2) is 23.0. The van der Waals surface area contributed by atoms with Crippen LogP contribution in [0, 0.1) is 11.8 Å². The first kappa shape index (κ1) is 45.4. The number of rotatable bonds is 10. The number of hydrogen-bond donors (Lipinski definition) is 3. The van der Waals surface area contributed by atoms with Crippen LogP contribution in [-0.2, 0) is 25.4 Å². The smallest absolute Gasteiger partial charge is 0.850 e. The molecule has 1 aromatic carbocycles. The number of amides is 3. The molecule has 2 bridgehead atoms. The van der Waals surface area contributed by atoms with Crippen LogP contribution in [0.4, 0.5) is 15.3 Å². The molecule has 14 heteroatoms. The number of benzene rings is 1. The molecule has 1 aromatic rings. The van der Waals surface area contributed by atoms with Crippen molar-refractivity contribution in [1.29, 1.82) is 0 Å². The van der Waals surface area contributed by atoms with Gasteiger partial charge in [-0.3, -0.25) is 4.79 Å². The van der Waals surface area contributed by atoms with E-state index < -0.39 is 42.5 Å². The quantitative estimate of drug-likeness (QED) is 0.182. The predicted octanol–water partition coefficient (Wildman–Crippen LogP) is 1.18. The van der Waals surface area contributed by atoms with Gasteiger partial charge in [-0.05, 0) is 76.5 Å². The van der Waals surface area contributed by atoms with Gasteiger partial charge in [0.1, 0.15) is 0 Å². The number of nitrogens with zero attached hydrogens (tertiary/aromatic N) is 1. The number of fused-ring (bicyclic) bond motifs is 2. The molecule has 13 nitrogen and oxygen atoms in total. The van der Waals surface area contributed by atoms with Crippen LogP contribution >= 0.6 is 0 Å². The fourth-order valence-electron chi connectivity index (χ4n) is 6.05. The van der Waals surface area contributed by atoms with Crippen molar-refractivity contribution in [2.45, 2.75) is 91.6 Å². The van der Waals surface area contributed by atoms with E-state index in [2.05, 4.69) is 10.6 Å². The van der Waals surface area contributed by atoms with Crippen LogP contribution in [0.25, 0.3) is 0 Å². The number of nitrogens with two attached hydrogens (primary N) is 1. The Balaban J connectivity index is 0.0000125. The largest absolute Gasteiger partial charge is 1.00 e. The van der Waals surface area contributed by atoms with Gasteiger partial charge in [-0.25, -0.2) is 9.59 Å². The van der Waals surface area contributed by atoms with E-state index in [0.29, 0.717) is 73.5 Å². The Bertz CT molecular complexity index is 1310. The van der Waals surface area contributed by atoms with E-state index in [4.69, 9.17) is 29.4 Å². The maximum atomic E-state index is 13.7. The number of allylic oxidation sites excluding steroid dienone is 1. The van der Waals surface area contributed by atoms with Crippen molar-refractivity contribution in [2.24, 2.45) is 17.6 Å². The molecule has 2 rings (SSSR count). The SMILES string of the molecule is CCNCCN(CC)C(=O)Oc1cc2cc(c1OC)C[C@@H](C)C[C@H](OC)[C@H]([O-])[C@@H](C)/C=C(\C)[C@H](OC(N)=O)[C@@H](OC)CC/C=C(\C)C(=O)N2.[Na+]. The molecule has 0 fully saturated rings. The van der Waals surface area contributed by atoms with Gasteiger partial charge in [0.15, 0.2) is 17.6 Å². The van der Waals surface area contributed by atoms with Crippen molar-refractivity contribution in [3.05, 3.63) is 41.0 Å². The maximum absolute atomic E-state index is 13.7. The van der Waals surface area contributed by atoms with Crippen LogP contribution in [0.15, 0.2) is 35.4 Å². The van der Waals surface area contributed by atoms with Gasteiger partial charge < -0.3 is 50.1 Å². The molecular formula is C36H57N4NaO9. The van der Waals surface area contributed by atoms with E-state index in [0.717, 1.165) is 6.54 Å². The molecule has 1 aliphatic rings. The van der Waals surface area contributed by atoms with Crippen LogP contribution in [-0.4, -0.2) is 94.9 Å². The minimum Gasteiger partial charge on any atom is -0.850 e. The third-order valence-corrected chi connectivity index (χ3v) is 8.75. The maximum Gasteiger partial charge on any atom is 1.00 e. The summed E-state index contributed by atoms with van der Waals surface area (Å²) in [5.74, 6) is -0.383. The number of anilines is 1. The molecule has 6 atom stereocenters. The standard InChI is InChI=1S/C36H57N4O9.Na/c1-10-38-15-16-40(11-2)36(44)48-30-21-27-20-26(33(30)47-9)17-22(3)18-29(46-8)31(41)24(5)19-25(6)32(49-35(37)43)28(45-7)14-12-13-23(4)34(42)39-27;/h13,19-22,24,28-29,31-32,38H,10-12,14-18H2,1-9H3,(H2,37,43)(H,39,42);/q-1;+1/b23-13+,25-19+;/t22-,24+,28+,29+,31-,32+;/m1./s1. The summed E-state index contributed by atoms with van der Waals surface area (Å²) in [7, 11) is 4.52. The molecule has 1 aliphatic heterocycles. The molecule has 0 aromatic heterocycles. The Morgan fingerprint density at radius 3 is 2.36 bits per heavy atom. The van der Waals surface area contributed by atoms with Crippen molar-refractivity contribution >= 4 is 23.8 Å². The van der Waals surface area contributed by atoms with E-state index in [-0.39, 0.29) is 47.1 Å². The Morgan fingerprint density at radius 2 is 1.78 bits per heavy atom. The van der Waals surface area contributed by atoms with E-state index in [1.54, 1.807) is 50.0 Å². The summed E-state index contributed by atoms with van der Waals surface area (Å²) in [6.07, 6.45) is 0.493.